The minimum absolute atomic E-state index is 0.0874. The second kappa shape index (κ2) is 7.61. The third-order valence-corrected chi connectivity index (χ3v) is 3.01. The molecular formula is C14H17ClN2O3. The van der Waals surface area contributed by atoms with Gasteiger partial charge >= 0.3 is 0 Å². The lowest BCUT2D eigenvalue weighted by molar-refractivity contribution is -0.123. The quantitative estimate of drug-likeness (QED) is 0.875. The molecule has 0 unspecified atom stereocenters. The van der Waals surface area contributed by atoms with Gasteiger partial charge in [-0.1, -0.05) is 18.5 Å². The molecule has 1 aromatic rings. The molecule has 0 radical (unpaired) electrons. The lowest BCUT2D eigenvalue weighted by atomic mass is 10.2. The molecule has 108 valence electrons. The summed E-state index contributed by atoms with van der Waals surface area (Å²) >= 11 is 6.02. The Bertz CT molecular complexity index is 526. The zero-order valence-corrected chi connectivity index (χ0v) is 12.5. The van der Waals surface area contributed by atoms with Crippen molar-refractivity contribution in [2.24, 2.45) is 0 Å². The van der Waals surface area contributed by atoms with E-state index in [1.807, 2.05) is 19.9 Å². The number of carbonyl (C=O) groups is 1. The molecule has 0 aromatic heterocycles. The van der Waals surface area contributed by atoms with Crippen molar-refractivity contribution in [1.29, 1.82) is 5.26 Å². The summed E-state index contributed by atoms with van der Waals surface area (Å²) in [6.07, 6.45) is 0.840. The average molecular weight is 297 g/mol. The molecule has 0 aliphatic rings. The Kier molecular flexibility index (Phi) is 6.13. The molecule has 6 heteroatoms. The monoisotopic (exact) mass is 296 g/mol. The van der Waals surface area contributed by atoms with Crippen LogP contribution in [-0.4, -0.2) is 25.7 Å². The lowest BCUT2D eigenvalue weighted by Crippen LogP contribution is -2.35. The number of methoxy groups -OCH3 is 1. The first-order valence-electron chi connectivity index (χ1n) is 6.21. The summed E-state index contributed by atoms with van der Waals surface area (Å²) in [5, 5.41) is 11.9. The summed E-state index contributed by atoms with van der Waals surface area (Å²) in [6, 6.07) is 5.03. The number of carbonyl (C=O) groups excluding carboxylic acids is 1. The van der Waals surface area contributed by atoms with Gasteiger partial charge in [0.2, 0.25) is 0 Å². The summed E-state index contributed by atoms with van der Waals surface area (Å²) in [5.41, 5.74) is 0.364. The van der Waals surface area contributed by atoms with E-state index in [2.05, 4.69) is 5.32 Å². The summed E-state index contributed by atoms with van der Waals surface area (Å²) in [6.45, 7) is 3.73. The minimum atomic E-state index is -0.234. The van der Waals surface area contributed by atoms with Crippen molar-refractivity contribution in [2.75, 3.05) is 13.7 Å². The molecule has 0 spiro atoms. The van der Waals surface area contributed by atoms with Crippen LogP contribution in [0.4, 0.5) is 0 Å². The highest BCUT2D eigenvalue weighted by Crippen LogP contribution is 2.36. The van der Waals surface area contributed by atoms with Crippen LogP contribution in [-0.2, 0) is 4.79 Å². The number of nitrogens with one attached hydrogen (secondary N) is 1. The first-order chi connectivity index (χ1) is 9.51. The molecule has 20 heavy (non-hydrogen) atoms. The van der Waals surface area contributed by atoms with Crippen LogP contribution in [0.1, 0.15) is 25.8 Å². The number of amides is 1. The maximum Gasteiger partial charge on any atom is 0.258 e. The van der Waals surface area contributed by atoms with Crippen LogP contribution < -0.4 is 14.8 Å². The third-order valence-electron chi connectivity index (χ3n) is 2.73. The SMILES string of the molecule is CC[C@H](C)NC(=O)COc1c(Cl)cc(C#N)cc1OC. The predicted octanol–water partition coefficient (Wildman–Crippen LogP) is 2.51. The van der Waals surface area contributed by atoms with Crippen LogP contribution in [0.3, 0.4) is 0 Å². The molecule has 0 fully saturated rings. The number of hydrogen-bond donors (Lipinski definition) is 1. The highest BCUT2D eigenvalue weighted by molar-refractivity contribution is 6.32. The maximum absolute atomic E-state index is 11.6. The molecule has 1 atom stereocenters. The molecule has 0 aliphatic heterocycles. The fourth-order valence-electron chi connectivity index (χ4n) is 1.48. The van der Waals surface area contributed by atoms with Crippen LogP contribution in [0.15, 0.2) is 12.1 Å². The van der Waals surface area contributed by atoms with Crippen molar-refractivity contribution < 1.29 is 14.3 Å². The van der Waals surface area contributed by atoms with Gasteiger partial charge in [-0.05, 0) is 19.4 Å². The second-order valence-electron chi connectivity index (χ2n) is 4.27. The van der Waals surface area contributed by atoms with E-state index in [9.17, 15) is 4.79 Å². The molecule has 5 nitrogen and oxygen atoms in total. The van der Waals surface area contributed by atoms with E-state index in [-0.39, 0.29) is 29.3 Å². The number of hydrogen-bond acceptors (Lipinski definition) is 4. The molecule has 0 aliphatic carbocycles. The van der Waals surface area contributed by atoms with E-state index >= 15 is 0 Å². The van der Waals surface area contributed by atoms with Crippen molar-refractivity contribution in [3.05, 3.63) is 22.7 Å². The van der Waals surface area contributed by atoms with Gasteiger partial charge in [-0.25, -0.2) is 0 Å². The van der Waals surface area contributed by atoms with Gasteiger partial charge in [-0.15, -0.1) is 0 Å². The molecule has 1 aromatic carbocycles. The summed E-state index contributed by atoms with van der Waals surface area (Å²) in [7, 11) is 1.44. The van der Waals surface area contributed by atoms with Crippen LogP contribution in [0.2, 0.25) is 5.02 Å². The minimum Gasteiger partial charge on any atom is -0.493 e. The van der Waals surface area contributed by atoms with Gasteiger partial charge in [0.15, 0.2) is 18.1 Å². The fraction of sp³-hybridized carbons (Fsp3) is 0.429. The second-order valence-corrected chi connectivity index (χ2v) is 4.67. The highest BCUT2D eigenvalue weighted by atomic mass is 35.5. The van der Waals surface area contributed by atoms with Gasteiger partial charge in [0.05, 0.1) is 23.8 Å². The van der Waals surface area contributed by atoms with E-state index in [0.29, 0.717) is 11.3 Å². The van der Waals surface area contributed by atoms with Gasteiger partial charge < -0.3 is 14.8 Å². The number of ether oxygens (including phenoxy) is 2. The lowest BCUT2D eigenvalue weighted by Gasteiger charge is -2.14. The number of benzene rings is 1. The Balaban J connectivity index is 2.78. The maximum atomic E-state index is 11.6. The van der Waals surface area contributed by atoms with Crippen molar-refractivity contribution in [3.63, 3.8) is 0 Å². The number of nitriles is 1. The van der Waals surface area contributed by atoms with Crippen LogP contribution >= 0.6 is 11.6 Å². The van der Waals surface area contributed by atoms with E-state index < -0.39 is 0 Å². The van der Waals surface area contributed by atoms with E-state index in [1.54, 1.807) is 0 Å². The predicted molar refractivity (Wildman–Crippen MR) is 76.1 cm³/mol. The average Bonchev–Trinajstić information content (AvgIpc) is 2.44. The van der Waals surface area contributed by atoms with E-state index in [0.717, 1.165) is 6.42 Å². The largest absolute Gasteiger partial charge is 0.493 e. The Morgan fingerprint density at radius 3 is 2.80 bits per heavy atom. The van der Waals surface area contributed by atoms with Crippen LogP contribution in [0.25, 0.3) is 0 Å². The Hall–Kier alpha value is -1.93. The zero-order chi connectivity index (χ0) is 15.1. The Morgan fingerprint density at radius 1 is 1.55 bits per heavy atom. The standard InChI is InChI=1S/C14H17ClN2O3/c1-4-9(2)17-13(18)8-20-14-11(15)5-10(7-16)6-12(14)19-3/h5-6,9H,4,8H2,1-3H3,(H,17,18)/t9-/m0/s1. The first kappa shape index (κ1) is 16.1. The van der Waals surface area contributed by atoms with Crippen LogP contribution in [0.5, 0.6) is 11.5 Å². The van der Waals surface area contributed by atoms with Gasteiger partial charge in [0.1, 0.15) is 0 Å². The number of halogens is 1. The van der Waals surface area contributed by atoms with Crippen molar-refractivity contribution in [3.8, 4) is 17.6 Å². The third kappa shape index (κ3) is 4.32. The zero-order valence-electron chi connectivity index (χ0n) is 11.7. The first-order valence-corrected chi connectivity index (χ1v) is 6.59. The molecule has 0 saturated heterocycles. The molecule has 1 N–H and O–H groups in total. The van der Waals surface area contributed by atoms with E-state index in [1.165, 1.54) is 19.2 Å². The molecule has 0 heterocycles. The van der Waals surface area contributed by atoms with Crippen molar-refractivity contribution in [2.45, 2.75) is 26.3 Å². The van der Waals surface area contributed by atoms with Gasteiger partial charge in [0, 0.05) is 12.1 Å². The Morgan fingerprint density at radius 2 is 2.25 bits per heavy atom. The Labute approximate surface area is 123 Å². The summed E-state index contributed by atoms with van der Waals surface area (Å²) in [5.74, 6) is 0.347. The highest BCUT2D eigenvalue weighted by Gasteiger charge is 2.14. The number of rotatable bonds is 6. The van der Waals surface area contributed by atoms with Crippen molar-refractivity contribution in [1.82, 2.24) is 5.32 Å². The van der Waals surface area contributed by atoms with Crippen molar-refractivity contribution >= 4 is 17.5 Å². The molecule has 0 saturated carbocycles. The molecular weight excluding hydrogens is 280 g/mol. The smallest absolute Gasteiger partial charge is 0.258 e. The van der Waals surface area contributed by atoms with Gasteiger partial charge in [-0.3, -0.25) is 4.79 Å². The molecule has 1 amide bonds. The van der Waals surface area contributed by atoms with E-state index in [4.69, 9.17) is 26.3 Å². The number of nitrogens with zero attached hydrogens (tertiary/aromatic N) is 1. The fourth-order valence-corrected chi connectivity index (χ4v) is 1.75. The van der Waals surface area contributed by atoms with Crippen LogP contribution in [0, 0.1) is 11.3 Å². The summed E-state index contributed by atoms with van der Waals surface area (Å²) in [4.78, 5) is 11.6. The molecule has 0 bridgehead atoms. The van der Waals surface area contributed by atoms with Gasteiger partial charge in [-0.2, -0.15) is 5.26 Å². The molecule has 1 rings (SSSR count). The van der Waals surface area contributed by atoms with Gasteiger partial charge in [0.25, 0.3) is 5.91 Å². The normalized spacial score (nSPS) is 11.3. The topological polar surface area (TPSA) is 71.3 Å². The summed E-state index contributed by atoms with van der Waals surface area (Å²) < 4.78 is 10.5.